The van der Waals surface area contributed by atoms with E-state index in [4.69, 9.17) is 9.47 Å². The van der Waals surface area contributed by atoms with Gasteiger partial charge < -0.3 is 25.0 Å². The Kier molecular flexibility index (Phi) is 10.2. The van der Waals surface area contributed by atoms with Crippen LogP contribution in [-0.4, -0.2) is 53.7 Å². The molecule has 1 unspecified atom stereocenters. The number of halogens is 1. The van der Waals surface area contributed by atoms with E-state index in [2.05, 4.69) is 25.5 Å². The van der Waals surface area contributed by atoms with Crippen molar-refractivity contribution in [3.8, 4) is 5.88 Å². The molecule has 1 aromatic carbocycles. The second kappa shape index (κ2) is 12.6. The summed E-state index contributed by atoms with van der Waals surface area (Å²) in [5.74, 6) is 1.38. The number of benzene rings is 1. The number of likely N-dealkylation sites (tertiary alicyclic amines) is 1. The highest BCUT2D eigenvalue weighted by Gasteiger charge is 2.28. The average Bonchev–Trinajstić information content (AvgIpc) is 3.21. The largest absolute Gasteiger partial charge is 0.473 e. The summed E-state index contributed by atoms with van der Waals surface area (Å²) < 4.78 is 11.3. The Morgan fingerprint density at radius 1 is 1.21 bits per heavy atom. The normalized spacial score (nSPS) is 16.1. The number of rotatable bonds is 6. The molecular weight excluding hydrogens is 533 g/mol. The van der Waals surface area contributed by atoms with Crippen LogP contribution in [0.5, 0.6) is 5.88 Å². The SMILES string of the molecule is CN=C(NCc1cccnc1OCc1ccccc1)N1CCC(NC(=O)OC(C)(C)C)C1.I. The predicted molar refractivity (Wildman–Crippen MR) is 140 cm³/mol. The number of aliphatic imine (C=N–C) groups is 1. The highest BCUT2D eigenvalue weighted by Crippen LogP contribution is 2.17. The van der Waals surface area contributed by atoms with E-state index >= 15 is 0 Å². The van der Waals surface area contributed by atoms with Gasteiger partial charge in [0.25, 0.3) is 0 Å². The summed E-state index contributed by atoms with van der Waals surface area (Å²) >= 11 is 0. The zero-order chi connectivity index (χ0) is 23.0. The number of ether oxygens (including phenoxy) is 2. The van der Waals surface area contributed by atoms with Crippen molar-refractivity contribution >= 4 is 36.0 Å². The van der Waals surface area contributed by atoms with E-state index in [1.807, 2.05) is 63.2 Å². The van der Waals surface area contributed by atoms with E-state index < -0.39 is 5.60 Å². The van der Waals surface area contributed by atoms with Crippen LogP contribution in [0.4, 0.5) is 4.79 Å². The van der Waals surface area contributed by atoms with Crippen LogP contribution in [0, 0.1) is 0 Å². The number of hydrogen-bond acceptors (Lipinski definition) is 5. The topological polar surface area (TPSA) is 88.1 Å². The number of alkyl carbamates (subject to hydrolysis) is 1. The minimum atomic E-state index is -0.510. The van der Waals surface area contributed by atoms with Gasteiger partial charge in [-0.1, -0.05) is 36.4 Å². The van der Waals surface area contributed by atoms with Crippen LogP contribution < -0.4 is 15.4 Å². The number of carbonyl (C=O) groups is 1. The highest BCUT2D eigenvalue weighted by atomic mass is 127. The maximum absolute atomic E-state index is 12.1. The lowest BCUT2D eigenvalue weighted by molar-refractivity contribution is 0.0507. The molecule has 1 amide bonds. The molecule has 1 aliphatic heterocycles. The number of pyridine rings is 1. The van der Waals surface area contributed by atoms with Gasteiger partial charge >= 0.3 is 6.09 Å². The molecule has 0 aliphatic carbocycles. The number of aromatic nitrogens is 1. The van der Waals surface area contributed by atoms with Gasteiger partial charge in [0.2, 0.25) is 5.88 Å². The lowest BCUT2D eigenvalue weighted by Gasteiger charge is -2.23. The van der Waals surface area contributed by atoms with Gasteiger partial charge in [-0.2, -0.15) is 0 Å². The summed E-state index contributed by atoms with van der Waals surface area (Å²) in [6.45, 7) is 8.03. The van der Waals surface area contributed by atoms with Gasteiger partial charge in [-0.15, -0.1) is 24.0 Å². The first kappa shape index (κ1) is 26.7. The third-order valence-corrected chi connectivity index (χ3v) is 4.93. The summed E-state index contributed by atoms with van der Waals surface area (Å²) in [5.41, 5.74) is 1.53. The third-order valence-electron chi connectivity index (χ3n) is 4.93. The summed E-state index contributed by atoms with van der Waals surface area (Å²) in [6, 6.07) is 13.9. The van der Waals surface area contributed by atoms with Crippen LogP contribution in [0.2, 0.25) is 0 Å². The van der Waals surface area contributed by atoms with Crippen LogP contribution in [0.1, 0.15) is 38.3 Å². The second-order valence-corrected chi connectivity index (χ2v) is 8.72. The fourth-order valence-corrected chi connectivity index (χ4v) is 3.47. The molecule has 0 saturated carbocycles. The summed E-state index contributed by atoms with van der Waals surface area (Å²) in [7, 11) is 1.76. The zero-order valence-corrected chi connectivity index (χ0v) is 22.0. The van der Waals surface area contributed by atoms with Crippen molar-refractivity contribution in [3.05, 3.63) is 59.8 Å². The van der Waals surface area contributed by atoms with Crippen molar-refractivity contribution in [2.24, 2.45) is 4.99 Å². The van der Waals surface area contributed by atoms with Crippen molar-refractivity contribution in [1.82, 2.24) is 20.5 Å². The molecular formula is C24H34IN5O3. The molecule has 0 spiro atoms. The van der Waals surface area contributed by atoms with Crippen LogP contribution >= 0.6 is 24.0 Å². The average molecular weight is 567 g/mol. The number of amides is 1. The lowest BCUT2D eigenvalue weighted by atomic mass is 10.2. The molecule has 1 atom stereocenters. The molecule has 8 nitrogen and oxygen atoms in total. The first-order chi connectivity index (χ1) is 15.3. The Labute approximate surface area is 213 Å². The molecule has 1 aromatic heterocycles. The van der Waals surface area contributed by atoms with Gasteiger partial charge in [-0.3, -0.25) is 4.99 Å². The monoisotopic (exact) mass is 567 g/mol. The van der Waals surface area contributed by atoms with Gasteiger partial charge in [0.1, 0.15) is 12.2 Å². The number of guanidine groups is 1. The van der Waals surface area contributed by atoms with Crippen molar-refractivity contribution in [3.63, 3.8) is 0 Å². The van der Waals surface area contributed by atoms with Crippen molar-refractivity contribution < 1.29 is 14.3 Å². The number of carbonyl (C=O) groups excluding carboxylic acids is 1. The number of nitrogens with zero attached hydrogens (tertiary/aromatic N) is 3. The quantitative estimate of drug-likeness (QED) is 0.312. The van der Waals surface area contributed by atoms with Crippen LogP contribution in [-0.2, 0) is 17.9 Å². The minimum absolute atomic E-state index is 0. The molecule has 3 rings (SSSR count). The van der Waals surface area contributed by atoms with Gasteiger partial charge in [0.15, 0.2) is 5.96 Å². The van der Waals surface area contributed by atoms with Crippen LogP contribution in [0.25, 0.3) is 0 Å². The van der Waals surface area contributed by atoms with E-state index in [0.717, 1.165) is 30.1 Å². The first-order valence-corrected chi connectivity index (χ1v) is 10.9. The van der Waals surface area contributed by atoms with E-state index in [-0.39, 0.29) is 36.1 Å². The molecule has 2 heterocycles. The fraction of sp³-hybridized carbons (Fsp3) is 0.458. The van der Waals surface area contributed by atoms with E-state index in [0.29, 0.717) is 25.6 Å². The molecule has 9 heteroatoms. The van der Waals surface area contributed by atoms with E-state index in [1.165, 1.54) is 0 Å². The molecule has 0 radical (unpaired) electrons. The lowest BCUT2D eigenvalue weighted by Crippen LogP contribution is -2.44. The second-order valence-electron chi connectivity index (χ2n) is 8.72. The van der Waals surface area contributed by atoms with Crippen molar-refractivity contribution in [1.29, 1.82) is 0 Å². The molecule has 2 aromatic rings. The molecule has 180 valence electrons. The Bertz CT molecular complexity index is 918. The minimum Gasteiger partial charge on any atom is -0.473 e. The van der Waals surface area contributed by atoms with Gasteiger partial charge in [-0.25, -0.2) is 9.78 Å². The summed E-state index contributed by atoms with van der Waals surface area (Å²) in [4.78, 5) is 23.0. The van der Waals surface area contributed by atoms with E-state index in [9.17, 15) is 4.79 Å². The molecule has 0 bridgehead atoms. The fourth-order valence-electron chi connectivity index (χ4n) is 3.47. The van der Waals surface area contributed by atoms with Crippen molar-refractivity contribution in [2.45, 2.75) is 52.0 Å². The standard InChI is InChI=1S/C24H33N5O3.HI/c1-24(2,3)32-23(30)28-20-12-14-29(16-20)22(25-4)27-15-19-11-8-13-26-21(19)31-17-18-9-6-5-7-10-18;/h5-11,13,20H,12,14-17H2,1-4H3,(H,25,27)(H,28,30);1H. The van der Waals surface area contributed by atoms with Crippen LogP contribution in [0.3, 0.4) is 0 Å². The predicted octanol–water partition coefficient (Wildman–Crippen LogP) is 3.95. The first-order valence-electron chi connectivity index (χ1n) is 10.9. The Balaban J connectivity index is 0.00000385. The Hall–Kier alpha value is -2.56. The van der Waals surface area contributed by atoms with Crippen LogP contribution in [0.15, 0.2) is 53.7 Å². The van der Waals surface area contributed by atoms with Crippen molar-refractivity contribution in [2.75, 3.05) is 20.1 Å². The zero-order valence-electron chi connectivity index (χ0n) is 19.7. The van der Waals surface area contributed by atoms with E-state index in [1.54, 1.807) is 13.2 Å². The number of nitrogens with one attached hydrogen (secondary N) is 2. The highest BCUT2D eigenvalue weighted by molar-refractivity contribution is 14.0. The smallest absolute Gasteiger partial charge is 0.407 e. The van der Waals surface area contributed by atoms with Gasteiger partial charge in [0, 0.05) is 38.4 Å². The maximum Gasteiger partial charge on any atom is 0.407 e. The molecule has 1 saturated heterocycles. The van der Waals surface area contributed by atoms with Gasteiger partial charge in [0.05, 0.1) is 6.04 Å². The molecule has 33 heavy (non-hydrogen) atoms. The maximum atomic E-state index is 12.1. The molecule has 1 aliphatic rings. The Morgan fingerprint density at radius 2 is 1.97 bits per heavy atom. The number of hydrogen-bond donors (Lipinski definition) is 2. The van der Waals surface area contributed by atoms with Gasteiger partial charge in [-0.05, 0) is 38.8 Å². The molecule has 2 N–H and O–H groups in total. The Morgan fingerprint density at radius 3 is 2.67 bits per heavy atom. The molecule has 1 fully saturated rings. The summed E-state index contributed by atoms with van der Waals surface area (Å²) in [6.07, 6.45) is 2.17. The third kappa shape index (κ3) is 8.71. The summed E-state index contributed by atoms with van der Waals surface area (Å²) in [5, 5.41) is 6.33.